The molecule has 1 aromatic carbocycles. The van der Waals surface area contributed by atoms with E-state index in [0.29, 0.717) is 35.7 Å². The van der Waals surface area contributed by atoms with E-state index >= 15 is 4.39 Å². The van der Waals surface area contributed by atoms with Gasteiger partial charge in [-0.25, -0.2) is 18.3 Å². The van der Waals surface area contributed by atoms with Crippen LogP contribution in [-0.4, -0.2) is 54.1 Å². The van der Waals surface area contributed by atoms with E-state index in [2.05, 4.69) is 20.3 Å². The number of hydrogen-bond donors (Lipinski definition) is 1. The Morgan fingerprint density at radius 3 is 3.00 bits per heavy atom. The molecular formula is C25H25F2N7O2. The number of ether oxygens (including phenoxy) is 2. The van der Waals surface area contributed by atoms with E-state index in [-0.39, 0.29) is 17.2 Å². The fraction of sp³-hybridized carbons (Fsp3) is 0.360. The summed E-state index contributed by atoms with van der Waals surface area (Å²) in [6.45, 7) is 3.57. The Kier molecular flexibility index (Phi) is 5.94. The average Bonchev–Trinajstić information content (AvgIpc) is 3.64. The van der Waals surface area contributed by atoms with Gasteiger partial charge in [-0.05, 0) is 31.4 Å². The molecule has 0 bridgehead atoms. The zero-order chi connectivity index (χ0) is 24.6. The van der Waals surface area contributed by atoms with E-state index in [4.69, 9.17) is 14.6 Å². The van der Waals surface area contributed by atoms with Crippen LogP contribution in [0.3, 0.4) is 0 Å². The SMILES string of the molecule is CC(c1c(F)cc2[nH]ncc2c1F)c1cnc2ccc(-c3cnn(CCOC4CCCCO4)c3)nn12. The fourth-order valence-corrected chi connectivity index (χ4v) is 4.66. The van der Waals surface area contributed by atoms with E-state index in [0.717, 1.165) is 31.4 Å². The Bertz CT molecular complexity index is 1520. The minimum atomic E-state index is -0.648. The number of imidazole rings is 1. The Morgan fingerprint density at radius 2 is 2.14 bits per heavy atom. The zero-order valence-electron chi connectivity index (χ0n) is 19.7. The highest BCUT2D eigenvalue weighted by Crippen LogP contribution is 2.33. The number of hydrogen-bond acceptors (Lipinski definition) is 6. The first-order valence-electron chi connectivity index (χ1n) is 12.0. The summed E-state index contributed by atoms with van der Waals surface area (Å²) in [6.07, 6.45) is 9.58. The Hall–Kier alpha value is -3.70. The Labute approximate surface area is 205 Å². The van der Waals surface area contributed by atoms with Crippen molar-refractivity contribution in [3.8, 4) is 11.3 Å². The second kappa shape index (κ2) is 9.40. The molecule has 1 N–H and O–H groups in total. The number of aromatic nitrogens is 7. The number of aromatic amines is 1. The third kappa shape index (κ3) is 4.14. The molecule has 9 nitrogen and oxygen atoms in total. The molecule has 2 unspecified atom stereocenters. The van der Waals surface area contributed by atoms with Crippen molar-refractivity contribution in [2.75, 3.05) is 13.2 Å². The maximum atomic E-state index is 15.2. The predicted molar refractivity (Wildman–Crippen MR) is 127 cm³/mol. The van der Waals surface area contributed by atoms with Crippen LogP contribution in [0.15, 0.2) is 43.0 Å². The number of H-pyrrole nitrogens is 1. The molecule has 6 rings (SSSR count). The van der Waals surface area contributed by atoms with Crippen LogP contribution in [0, 0.1) is 11.6 Å². The molecule has 0 radical (unpaired) electrons. The summed E-state index contributed by atoms with van der Waals surface area (Å²) < 4.78 is 44.9. The molecule has 0 saturated carbocycles. The van der Waals surface area contributed by atoms with Gasteiger partial charge in [0.15, 0.2) is 11.9 Å². The van der Waals surface area contributed by atoms with Crippen LogP contribution in [-0.2, 0) is 16.0 Å². The third-order valence-corrected chi connectivity index (χ3v) is 6.63. The Morgan fingerprint density at radius 1 is 1.22 bits per heavy atom. The van der Waals surface area contributed by atoms with Crippen molar-refractivity contribution in [1.82, 2.24) is 34.6 Å². The lowest BCUT2D eigenvalue weighted by Crippen LogP contribution is -2.24. The lowest BCUT2D eigenvalue weighted by Gasteiger charge is -2.22. The molecule has 5 heterocycles. The molecule has 186 valence electrons. The lowest BCUT2D eigenvalue weighted by molar-refractivity contribution is -0.163. The van der Waals surface area contributed by atoms with E-state index in [1.807, 2.05) is 18.3 Å². The van der Waals surface area contributed by atoms with Crippen LogP contribution in [0.25, 0.3) is 27.8 Å². The zero-order valence-corrected chi connectivity index (χ0v) is 19.7. The highest BCUT2D eigenvalue weighted by Gasteiger charge is 2.24. The maximum absolute atomic E-state index is 15.2. The summed E-state index contributed by atoms with van der Waals surface area (Å²) in [4.78, 5) is 4.39. The van der Waals surface area contributed by atoms with E-state index in [1.54, 1.807) is 28.5 Å². The quantitative estimate of drug-likeness (QED) is 0.360. The van der Waals surface area contributed by atoms with E-state index in [9.17, 15) is 4.39 Å². The monoisotopic (exact) mass is 493 g/mol. The highest BCUT2D eigenvalue weighted by molar-refractivity contribution is 5.80. The van der Waals surface area contributed by atoms with Gasteiger partial charge in [-0.15, -0.1) is 0 Å². The number of fused-ring (bicyclic) bond motifs is 2. The van der Waals surface area contributed by atoms with E-state index < -0.39 is 17.6 Å². The summed E-state index contributed by atoms with van der Waals surface area (Å²) in [5, 5.41) is 15.8. The second-order valence-corrected chi connectivity index (χ2v) is 8.97. The van der Waals surface area contributed by atoms with Crippen molar-refractivity contribution in [3.05, 3.63) is 65.9 Å². The van der Waals surface area contributed by atoms with E-state index in [1.165, 1.54) is 12.3 Å². The number of rotatable bonds is 7. The molecule has 0 amide bonds. The van der Waals surface area contributed by atoms with Gasteiger partial charge in [0.1, 0.15) is 11.6 Å². The van der Waals surface area contributed by atoms with Gasteiger partial charge in [-0.1, -0.05) is 6.92 Å². The standard InChI is InChI=1S/C25H25F2N7O2/c1-15(24-18(26)10-20-17(25(24)27)12-29-31-20)21-13-28-22-6-5-19(32-34(21)22)16-11-30-33(14-16)7-9-36-23-4-2-3-8-35-23/h5-6,10-15,23H,2-4,7-9H2,1H3,(H,29,31). The number of nitrogens with one attached hydrogen (secondary N) is 1. The first kappa shape index (κ1) is 22.7. The van der Waals surface area contributed by atoms with Crippen LogP contribution in [0.5, 0.6) is 0 Å². The normalized spacial score (nSPS) is 17.2. The largest absolute Gasteiger partial charge is 0.353 e. The van der Waals surface area contributed by atoms with Gasteiger partial charge >= 0.3 is 0 Å². The van der Waals surface area contributed by atoms with Gasteiger partial charge in [0, 0.05) is 35.9 Å². The Balaban J connectivity index is 1.25. The molecule has 36 heavy (non-hydrogen) atoms. The summed E-state index contributed by atoms with van der Waals surface area (Å²) >= 11 is 0. The number of nitrogens with zero attached hydrogens (tertiary/aromatic N) is 6. The first-order valence-corrected chi connectivity index (χ1v) is 12.0. The number of benzene rings is 1. The number of halogens is 2. The highest BCUT2D eigenvalue weighted by atomic mass is 19.1. The van der Waals surface area contributed by atoms with Gasteiger partial charge in [0.05, 0.1) is 54.0 Å². The minimum absolute atomic E-state index is 0.0485. The van der Waals surface area contributed by atoms with Crippen molar-refractivity contribution < 1.29 is 18.3 Å². The van der Waals surface area contributed by atoms with Crippen LogP contribution >= 0.6 is 0 Å². The van der Waals surface area contributed by atoms with Crippen molar-refractivity contribution >= 4 is 16.6 Å². The molecule has 5 aromatic rings. The lowest BCUT2D eigenvalue weighted by atomic mass is 9.95. The van der Waals surface area contributed by atoms with Crippen LogP contribution in [0.1, 0.15) is 43.4 Å². The molecule has 1 fully saturated rings. The molecule has 4 aromatic heterocycles. The molecule has 0 spiro atoms. The van der Waals surface area contributed by atoms with Crippen LogP contribution in [0.4, 0.5) is 8.78 Å². The summed E-state index contributed by atoms with van der Waals surface area (Å²) in [7, 11) is 0. The molecular weight excluding hydrogens is 468 g/mol. The molecule has 1 saturated heterocycles. The van der Waals surface area contributed by atoms with Crippen molar-refractivity contribution in [2.24, 2.45) is 0 Å². The second-order valence-electron chi connectivity index (χ2n) is 8.97. The smallest absolute Gasteiger partial charge is 0.157 e. The summed E-state index contributed by atoms with van der Waals surface area (Å²) in [5.41, 5.74) is 2.90. The molecule has 0 aliphatic carbocycles. The minimum Gasteiger partial charge on any atom is -0.353 e. The van der Waals surface area contributed by atoms with Gasteiger partial charge in [-0.2, -0.15) is 15.3 Å². The molecule has 1 aliphatic heterocycles. The van der Waals surface area contributed by atoms with Crippen molar-refractivity contribution in [3.63, 3.8) is 0 Å². The topological polar surface area (TPSA) is 95.2 Å². The average molecular weight is 494 g/mol. The van der Waals surface area contributed by atoms with Crippen molar-refractivity contribution in [2.45, 2.75) is 44.9 Å². The van der Waals surface area contributed by atoms with Crippen molar-refractivity contribution in [1.29, 1.82) is 0 Å². The van der Waals surface area contributed by atoms with Gasteiger partial charge in [0.25, 0.3) is 0 Å². The van der Waals surface area contributed by atoms with Crippen LogP contribution in [0.2, 0.25) is 0 Å². The predicted octanol–water partition coefficient (Wildman–Crippen LogP) is 4.44. The summed E-state index contributed by atoms with van der Waals surface area (Å²) in [6, 6.07) is 4.94. The third-order valence-electron chi connectivity index (χ3n) is 6.63. The maximum Gasteiger partial charge on any atom is 0.157 e. The van der Waals surface area contributed by atoms with Gasteiger partial charge in [-0.3, -0.25) is 9.78 Å². The van der Waals surface area contributed by atoms with Gasteiger partial charge < -0.3 is 9.47 Å². The summed E-state index contributed by atoms with van der Waals surface area (Å²) in [5.74, 6) is -1.92. The van der Waals surface area contributed by atoms with Gasteiger partial charge in [0.2, 0.25) is 0 Å². The molecule has 1 aliphatic rings. The molecule has 11 heteroatoms. The van der Waals surface area contributed by atoms with Crippen LogP contribution < -0.4 is 0 Å². The fourth-order valence-electron chi connectivity index (χ4n) is 4.66. The molecule has 2 atom stereocenters. The first-order chi connectivity index (χ1) is 17.6.